The van der Waals surface area contributed by atoms with Crippen LogP contribution in [0.15, 0.2) is 18.2 Å². The van der Waals surface area contributed by atoms with Gasteiger partial charge in [-0.3, -0.25) is 0 Å². The number of hydrogen-bond donors (Lipinski definition) is 1. The number of ether oxygens (including phenoxy) is 2. The third-order valence-electron chi connectivity index (χ3n) is 4.21. The molecule has 2 amide bonds. The topological polar surface area (TPSA) is 50.8 Å². The molecule has 2 aliphatic heterocycles. The number of nitrogens with one attached hydrogen (secondary N) is 1. The Morgan fingerprint density at radius 2 is 2.39 bits per heavy atom. The van der Waals surface area contributed by atoms with Gasteiger partial charge in [0.05, 0.1) is 19.3 Å². The summed E-state index contributed by atoms with van der Waals surface area (Å²) in [7, 11) is 0. The third kappa shape index (κ3) is 3.76. The van der Waals surface area contributed by atoms with Crippen molar-refractivity contribution in [2.75, 3.05) is 26.3 Å². The Morgan fingerprint density at radius 1 is 1.57 bits per heavy atom. The average Bonchev–Trinajstić information content (AvgIpc) is 2.92. The zero-order chi connectivity index (χ0) is 16.4. The van der Waals surface area contributed by atoms with Crippen molar-refractivity contribution in [3.05, 3.63) is 34.6 Å². The smallest absolute Gasteiger partial charge is 0.317 e. The molecule has 0 aromatic heterocycles. The lowest BCUT2D eigenvalue weighted by atomic mass is 9.99. The highest BCUT2D eigenvalue weighted by Gasteiger charge is 2.44. The Bertz CT molecular complexity index is 593. The second-order valence-corrected chi connectivity index (χ2v) is 6.63. The van der Waals surface area contributed by atoms with Gasteiger partial charge in [0.25, 0.3) is 0 Å². The molecule has 23 heavy (non-hydrogen) atoms. The lowest BCUT2D eigenvalue weighted by molar-refractivity contribution is -0.137. The molecule has 2 aliphatic rings. The van der Waals surface area contributed by atoms with Gasteiger partial charge in [-0.2, -0.15) is 0 Å². The van der Waals surface area contributed by atoms with Gasteiger partial charge in [-0.15, -0.1) is 0 Å². The third-order valence-corrected chi connectivity index (χ3v) is 4.44. The van der Waals surface area contributed by atoms with Crippen LogP contribution in [0.3, 0.4) is 0 Å². The molecule has 2 fully saturated rings. The molecule has 2 saturated heterocycles. The molecule has 3 rings (SSSR count). The van der Waals surface area contributed by atoms with Crippen molar-refractivity contribution in [1.82, 2.24) is 10.2 Å². The maximum absolute atomic E-state index is 13.8. The zero-order valence-electron chi connectivity index (χ0n) is 13.0. The minimum atomic E-state index is -0.422. The molecule has 1 aromatic rings. The molecule has 7 heteroatoms. The highest BCUT2D eigenvalue weighted by molar-refractivity contribution is 6.30. The van der Waals surface area contributed by atoms with Crippen molar-refractivity contribution in [1.29, 1.82) is 0 Å². The molecular formula is C16H20ClFN2O3. The number of urea groups is 1. The predicted octanol–water partition coefficient (Wildman–Crippen LogP) is 2.57. The fourth-order valence-electron chi connectivity index (χ4n) is 3.13. The van der Waals surface area contributed by atoms with E-state index in [2.05, 4.69) is 5.32 Å². The number of hydrogen-bond acceptors (Lipinski definition) is 3. The molecule has 2 heterocycles. The Labute approximate surface area is 139 Å². The van der Waals surface area contributed by atoms with Gasteiger partial charge in [-0.1, -0.05) is 17.7 Å². The lowest BCUT2D eigenvalue weighted by Crippen LogP contribution is -2.58. The second-order valence-electron chi connectivity index (χ2n) is 6.19. The normalized spacial score (nSPS) is 27.4. The number of carbonyl (C=O) groups excluding carboxylic acids is 1. The summed E-state index contributed by atoms with van der Waals surface area (Å²) in [5.74, 6) is -0.422. The average molecular weight is 343 g/mol. The minimum Gasteiger partial charge on any atom is -0.378 e. The van der Waals surface area contributed by atoms with E-state index in [1.165, 1.54) is 6.07 Å². The predicted molar refractivity (Wildman–Crippen MR) is 83.9 cm³/mol. The summed E-state index contributed by atoms with van der Waals surface area (Å²) in [6.07, 6.45) is 0.732. The van der Waals surface area contributed by atoms with Crippen LogP contribution in [0.1, 0.15) is 18.9 Å². The first-order valence-corrected chi connectivity index (χ1v) is 8.07. The van der Waals surface area contributed by atoms with Gasteiger partial charge in [0.1, 0.15) is 11.4 Å². The van der Waals surface area contributed by atoms with Crippen LogP contribution in [0, 0.1) is 5.82 Å². The van der Waals surface area contributed by atoms with E-state index in [0.29, 0.717) is 36.9 Å². The number of benzene rings is 1. The van der Waals surface area contributed by atoms with Crippen LogP contribution in [0.25, 0.3) is 0 Å². The van der Waals surface area contributed by atoms with Crippen molar-refractivity contribution in [2.45, 2.75) is 31.6 Å². The second kappa shape index (κ2) is 6.63. The van der Waals surface area contributed by atoms with Crippen LogP contribution in [-0.4, -0.2) is 48.9 Å². The Balaban J connectivity index is 1.61. The summed E-state index contributed by atoms with van der Waals surface area (Å²) < 4.78 is 25.2. The highest BCUT2D eigenvalue weighted by Crippen LogP contribution is 2.30. The van der Waals surface area contributed by atoms with E-state index in [9.17, 15) is 9.18 Å². The van der Waals surface area contributed by atoms with E-state index in [1.54, 1.807) is 17.0 Å². The molecule has 1 N–H and O–H groups in total. The van der Waals surface area contributed by atoms with Gasteiger partial charge in [0, 0.05) is 36.7 Å². The van der Waals surface area contributed by atoms with E-state index in [-0.39, 0.29) is 18.7 Å². The van der Waals surface area contributed by atoms with Crippen molar-refractivity contribution in [2.24, 2.45) is 0 Å². The van der Waals surface area contributed by atoms with Crippen LogP contribution >= 0.6 is 11.6 Å². The van der Waals surface area contributed by atoms with Crippen molar-refractivity contribution >= 4 is 17.6 Å². The van der Waals surface area contributed by atoms with Crippen molar-refractivity contribution in [3.63, 3.8) is 0 Å². The fraction of sp³-hybridized carbons (Fsp3) is 0.562. The maximum Gasteiger partial charge on any atom is 0.317 e. The fourth-order valence-corrected chi connectivity index (χ4v) is 3.29. The first-order valence-electron chi connectivity index (χ1n) is 7.70. The summed E-state index contributed by atoms with van der Waals surface area (Å²) >= 11 is 5.73. The molecule has 1 spiro atoms. The van der Waals surface area contributed by atoms with Gasteiger partial charge < -0.3 is 19.7 Å². The van der Waals surface area contributed by atoms with Crippen LogP contribution < -0.4 is 5.32 Å². The number of amides is 2. The molecule has 0 bridgehead atoms. The molecular weight excluding hydrogens is 323 g/mol. The van der Waals surface area contributed by atoms with E-state index in [1.807, 2.05) is 6.92 Å². The molecule has 5 nitrogen and oxygen atoms in total. The van der Waals surface area contributed by atoms with E-state index >= 15 is 0 Å². The first kappa shape index (κ1) is 16.5. The number of carbonyl (C=O) groups is 1. The Hall–Kier alpha value is -1.37. The molecule has 0 aliphatic carbocycles. The standard InChI is InChI=1S/C16H20ClFN2O3/c1-11-8-20(9-16(23-11)4-5-22-10-16)15(21)19-7-12-2-3-13(17)6-14(12)18/h2-3,6,11H,4-5,7-10H2,1H3,(H,19,21)/t11-,16-/m0/s1. The molecule has 0 unspecified atom stereocenters. The first-order chi connectivity index (χ1) is 11.0. The number of halogens is 2. The summed E-state index contributed by atoms with van der Waals surface area (Å²) in [5, 5.41) is 3.10. The molecule has 1 aromatic carbocycles. The van der Waals surface area contributed by atoms with Gasteiger partial charge >= 0.3 is 6.03 Å². The van der Waals surface area contributed by atoms with Crippen LogP contribution in [0.5, 0.6) is 0 Å². The van der Waals surface area contributed by atoms with E-state index in [4.69, 9.17) is 21.1 Å². The van der Waals surface area contributed by atoms with Gasteiger partial charge in [0.15, 0.2) is 0 Å². The van der Waals surface area contributed by atoms with Gasteiger partial charge in [-0.25, -0.2) is 9.18 Å². The number of rotatable bonds is 2. The molecule has 2 atom stereocenters. The maximum atomic E-state index is 13.8. The largest absolute Gasteiger partial charge is 0.378 e. The Kier molecular flexibility index (Phi) is 4.75. The zero-order valence-corrected chi connectivity index (χ0v) is 13.7. The van der Waals surface area contributed by atoms with Crippen LogP contribution in [0.4, 0.5) is 9.18 Å². The lowest BCUT2D eigenvalue weighted by Gasteiger charge is -2.42. The van der Waals surface area contributed by atoms with E-state index in [0.717, 1.165) is 6.42 Å². The summed E-state index contributed by atoms with van der Waals surface area (Å²) in [6, 6.07) is 4.20. The van der Waals surface area contributed by atoms with Gasteiger partial charge in [-0.05, 0) is 19.1 Å². The monoisotopic (exact) mass is 342 g/mol. The molecule has 0 saturated carbocycles. The number of nitrogens with zero attached hydrogens (tertiary/aromatic N) is 1. The quantitative estimate of drug-likeness (QED) is 0.898. The van der Waals surface area contributed by atoms with Crippen molar-refractivity contribution < 1.29 is 18.7 Å². The summed E-state index contributed by atoms with van der Waals surface area (Å²) in [6.45, 7) is 4.23. The van der Waals surface area contributed by atoms with Crippen LogP contribution in [-0.2, 0) is 16.0 Å². The highest BCUT2D eigenvalue weighted by atomic mass is 35.5. The van der Waals surface area contributed by atoms with E-state index < -0.39 is 11.4 Å². The summed E-state index contributed by atoms with van der Waals surface area (Å²) in [5.41, 5.74) is 0.00328. The number of morpholine rings is 1. The minimum absolute atomic E-state index is 0.0523. The SMILES string of the molecule is C[C@H]1CN(C(=O)NCc2ccc(Cl)cc2F)C[C@]2(CCOC2)O1. The Morgan fingerprint density at radius 3 is 3.09 bits per heavy atom. The molecule has 126 valence electrons. The van der Waals surface area contributed by atoms with Crippen molar-refractivity contribution in [3.8, 4) is 0 Å². The van der Waals surface area contributed by atoms with Crippen LogP contribution in [0.2, 0.25) is 5.02 Å². The van der Waals surface area contributed by atoms with Gasteiger partial charge in [0.2, 0.25) is 0 Å². The molecule has 0 radical (unpaired) electrons. The summed E-state index contributed by atoms with van der Waals surface area (Å²) in [4.78, 5) is 14.1.